The van der Waals surface area contributed by atoms with Crippen molar-refractivity contribution in [3.05, 3.63) is 53.6 Å². The normalized spacial score (nSPS) is 12.3. The van der Waals surface area contributed by atoms with Crippen LogP contribution in [-0.2, 0) is 6.42 Å². The topological polar surface area (TPSA) is 75.1 Å². The summed E-state index contributed by atoms with van der Waals surface area (Å²) in [7, 11) is 3.24. The van der Waals surface area contributed by atoms with Crippen molar-refractivity contribution in [1.82, 2.24) is 10.6 Å². The third-order valence-corrected chi connectivity index (χ3v) is 4.81. The van der Waals surface area contributed by atoms with Gasteiger partial charge in [-0.15, -0.1) is 0 Å². The number of methoxy groups -OCH3 is 2. The van der Waals surface area contributed by atoms with Gasteiger partial charge in [-0.2, -0.15) is 0 Å². The summed E-state index contributed by atoms with van der Waals surface area (Å²) < 4.78 is 10.4. The standard InChI is InChI=1S/C23H33N3O3/c1-5-24-23(26-15-13-18-6-11-21(27)22(16-18)29-4)25-14-12-17(2)19-7-9-20(28-3)10-8-19/h6-11,16-17,27H,5,12-15H2,1-4H3,(H2,24,25,26). The predicted octanol–water partition coefficient (Wildman–Crippen LogP) is 3.70. The number of aliphatic imine (C=N–C) groups is 1. The molecule has 0 bridgehead atoms. The van der Waals surface area contributed by atoms with E-state index < -0.39 is 0 Å². The third kappa shape index (κ3) is 7.22. The Morgan fingerprint density at radius 1 is 1.07 bits per heavy atom. The van der Waals surface area contributed by atoms with Crippen molar-refractivity contribution in [2.24, 2.45) is 4.99 Å². The maximum absolute atomic E-state index is 9.69. The van der Waals surface area contributed by atoms with E-state index in [1.165, 1.54) is 5.56 Å². The van der Waals surface area contributed by atoms with E-state index in [1.54, 1.807) is 20.3 Å². The van der Waals surface area contributed by atoms with Crippen LogP contribution < -0.4 is 20.1 Å². The summed E-state index contributed by atoms with van der Waals surface area (Å²) in [6.07, 6.45) is 1.78. The molecule has 29 heavy (non-hydrogen) atoms. The summed E-state index contributed by atoms with van der Waals surface area (Å²) in [5, 5.41) is 16.3. The lowest BCUT2D eigenvalue weighted by atomic mass is 9.98. The quantitative estimate of drug-likeness (QED) is 0.420. The SMILES string of the molecule is CCNC(=NCCC(C)c1ccc(OC)cc1)NCCc1ccc(O)c(OC)c1. The van der Waals surface area contributed by atoms with Crippen molar-refractivity contribution in [3.63, 3.8) is 0 Å². The van der Waals surface area contributed by atoms with Gasteiger partial charge >= 0.3 is 0 Å². The number of benzene rings is 2. The number of nitrogens with zero attached hydrogens (tertiary/aromatic N) is 1. The molecule has 0 spiro atoms. The number of guanidine groups is 1. The second-order valence-electron chi connectivity index (χ2n) is 6.91. The van der Waals surface area contributed by atoms with Gasteiger partial charge in [0.2, 0.25) is 0 Å². The van der Waals surface area contributed by atoms with Gasteiger partial charge in [0.25, 0.3) is 0 Å². The molecule has 0 saturated carbocycles. The molecule has 0 amide bonds. The van der Waals surface area contributed by atoms with Crippen molar-refractivity contribution in [3.8, 4) is 17.2 Å². The van der Waals surface area contributed by atoms with E-state index in [0.29, 0.717) is 11.7 Å². The number of ether oxygens (including phenoxy) is 2. The zero-order valence-corrected chi connectivity index (χ0v) is 17.9. The fourth-order valence-corrected chi connectivity index (χ4v) is 3.01. The Hall–Kier alpha value is -2.89. The van der Waals surface area contributed by atoms with E-state index in [2.05, 4.69) is 36.6 Å². The van der Waals surface area contributed by atoms with Crippen LogP contribution in [0.1, 0.15) is 37.3 Å². The molecule has 0 saturated heterocycles. The summed E-state index contributed by atoms with van der Waals surface area (Å²) in [6.45, 7) is 6.58. The predicted molar refractivity (Wildman–Crippen MR) is 118 cm³/mol. The minimum Gasteiger partial charge on any atom is -0.504 e. The summed E-state index contributed by atoms with van der Waals surface area (Å²) in [4.78, 5) is 4.70. The van der Waals surface area contributed by atoms with Crippen LogP contribution in [0.15, 0.2) is 47.5 Å². The third-order valence-electron chi connectivity index (χ3n) is 4.81. The molecule has 0 aliphatic carbocycles. The molecule has 2 rings (SSSR count). The summed E-state index contributed by atoms with van der Waals surface area (Å²) in [6, 6.07) is 13.6. The first-order chi connectivity index (χ1) is 14.1. The molecular weight excluding hydrogens is 366 g/mol. The maximum Gasteiger partial charge on any atom is 0.191 e. The zero-order chi connectivity index (χ0) is 21.1. The lowest BCUT2D eigenvalue weighted by Crippen LogP contribution is -2.38. The Balaban J connectivity index is 1.83. The Kier molecular flexibility index (Phi) is 9.15. The average molecular weight is 400 g/mol. The van der Waals surface area contributed by atoms with Gasteiger partial charge in [0, 0.05) is 19.6 Å². The Labute approximate surface area is 174 Å². The number of phenols is 1. The van der Waals surface area contributed by atoms with Gasteiger partial charge in [-0.1, -0.05) is 25.1 Å². The molecule has 1 atom stereocenters. The van der Waals surface area contributed by atoms with E-state index in [4.69, 9.17) is 14.5 Å². The van der Waals surface area contributed by atoms with Crippen molar-refractivity contribution >= 4 is 5.96 Å². The molecule has 2 aromatic carbocycles. The molecule has 3 N–H and O–H groups in total. The minimum absolute atomic E-state index is 0.157. The van der Waals surface area contributed by atoms with Gasteiger partial charge in [0.15, 0.2) is 17.5 Å². The van der Waals surface area contributed by atoms with Crippen LogP contribution in [0.4, 0.5) is 0 Å². The highest BCUT2D eigenvalue weighted by Crippen LogP contribution is 2.26. The number of hydrogen-bond acceptors (Lipinski definition) is 4. The lowest BCUT2D eigenvalue weighted by Gasteiger charge is -2.14. The van der Waals surface area contributed by atoms with Gasteiger partial charge in [-0.05, 0) is 61.1 Å². The number of hydrogen-bond donors (Lipinski definition) is 3. The number of aromatic hydroxyl groups is 1. The Morgan fingerprint density at radius 3 is 2.48 bits per heavy atom. The van der Waals surface area contributed by atoms with Crippen LogP contribution in [0.5, 0.6) is 17.2 Å². The second kappa shape index (κ2) is 11.8. The van der Waals surface area contributed by atoms with Crippen molar-refractivity contribution in [2.75, 3.05) is 33.9 Å². The molecule has 6 nitrogen and oxygen atoms in total. The van der Waals surface area contributed by atoms with Crippen LogP contribution in [0, 0.1) is 0 Å². The minimum atomic E-state index is 0.157. The van der Waals surface area contributed by atoms with Crippen molar-refractivity contribution in [1.29, 1.82) is 0 Å². The van der Waals surface area contributed by atoms with Crippen molar-refractivity contribution in [2.45, 2.75) is 32.6 Å². The molecule has 0 heterocycles. The molecule has 0 aromatic heterocycles. The van der Waals surface area contributed by atoms with Gasteiger partial charge in [-0.25, -0.2) is 0 Å². The van der Waals surface area contributed by atoms with Crippen LogP contribution >= 0.6 is 0 Å². The number of phenolic OH excluding ortho intramolecular Hbond substituents is 1. The van der Waals surface area contributed by atoms with E-state index in [-0.39, 0.29) is 5.75 Å². The van der Waals surface area contributed by atoms with Crippen LogP contribution in [0.2, 0.25) is 0 Å². The molecule has 6 heteroatoms. The van der Waals surface area contributed by atoms with E-state index in [0.717, 1.165) is 49.7 Å². The first kappa shape index (κ1) is 22.4. The molecule has 2 aromatic rings. The highest BCUT2D eigenvalue weighted by atomic mass is 16.5. The van der Waals surface area contributed by atoms with Gasteiger partial charge < -0.3 is 25.2 Å². The van der Waals surface area contributed by atoms with Crippen LogP contribution in [0.3, 0.4) is 0 Å². The molecule has 0 aliphatic heterocycles. The number of nitrogens with one attached hydrogen (secondary N) is 2. The molecule has 0 aliphatic rings. The van der Waals surface area contributed by atoms with E-state index in [9.17, 15) is 5.11 Å². The fourth-order valence-electron chi connectivity index (χ4n) is 3.01. The largest absolute Gasteiger partial charge is 0.504 e. The molecule has 1 unspecified atom stereocenters. The summed E-state index contributed by atoms with van der Waals surface area (Å²) >= 11 is 0. The molecule has 0 fully saturated rings. The summed E-state index contributed by atoms with van der Waals surface area (Å²) in [5.41, 5.74) is 2.39. The van der Waals surface area contributed by atoms with Crippen LogP contribution in [0.25, 0.3) is 0 Å². The highest BCUT2D eigenvalue weighted by Gasteiger charge is 2.06. The first-order valence-electron chi connectivity index (χ1n) is 10.1. The summed E-state index contributed by atoms with van der Waals surface area (Å²) in [5.74, 6) is 2.78. The van der Waals surface area contributed by atoms with Gasteiger partial charge in [0.05, 0.1) is 14.2 Å². The highest BCUT2D eigenvalue weighted by molar-refractivity contribution is 5.79. The zero-order valence-electron chi connectivity index (χ0n) is 17.9. The molecule has 158 valence electrons. The second-order valence-corrected chi connectivity index (χ2v) is 6.91. The average Bonchev–Trinajstić information content (AvgIpc) is 2.74. The van der Waals surface area contributed by atoms with Gasteiger partial charge in [-0.3, -0.25) is 4.99 Å². The molecule has 0 radical (unpaired) electrons. The monoisotopic (exact) mass is 399 g/mol. The van der Waals surface area contributed by atoms with Crippen molar-refractivity contribution < 1.29 is 14.6 Å². The molecular formula is C23H33N3O3. The fraction of sp³-hybridized carbons (Fsp3) is 0.435. The first-order valence-corrected chi connectivity index (χ1v) is 10.1. The van der Waals surface area contributed by atoms with Crippen LogP contribution in [-0.4, -0.2) is 44.9 Å². The maximum atomic E-state index is 9.69. The van der Waals surface area contributed by atoms with E-state index in [1.807, 2.05) is 24.3 Å². The van der Waals surface area contributed by atoms with Gasteiger partial charge in [0.1, 0.15) is 5.75 Å². The number of rotatable bonds is 10. The Bertz CT molecular complexity index is 775. The Morgan fingerprint density at radius 2 is 1.83 bits per heavy atom. The lowest BCUT2D eigenvalue weighted by molar-refractivity contribution is 0.373. The smallest absolute Gasteiger partial charge is 0.191 e. The van der Waals surface area contributed by atoms with E-state index >= 15 is 0 Å².